The molecule has 0 spiro atoms. The summed E-state index contributed by atoms with van der Waals surface area (Å²) in [6, 6.07) is 2.82. The fourth-order valence-corrected chi connectivity index (χ4v) is 2.31. The monoisotopic (exact) mass is 297 g/mol. The normalized spacial score (nSPS) is 10.6. The molecule has 0 radical (unpaired) electrons. The Morgan fingerprint density at radius 3 is 2.22 bits per heavy atom. The molecule has 0 bridgehead atoms. The number of hydrogen-bond donors (Lipinski definition) is 2. The molecule has 100 valence electrons. The first kappa shape index (κ1) is 16.7. The van der Waals surface area contributed by atoms with Crippen molar-refractivity contribution in [2.75, 3.05) is 13.1 Å². The molecular weight excluding hydrogens is 288 g/mol. The van der Waals surface area contributed by atoms with E-state index >= 15 is 0 Å². The van der Waals surface area contributed by atoms with E-state index in [2.05, 4.69) is 0 Å². The molecule has 0 fully saturated rings. The van der Waals surface area contributed by atoms with Gasteiger partial charge in [0, 0.05) is 13.1 Å². The second-order valence-electron chi connectivity index (χ2n) is 3.07. The van der Waals surface area contributed by atoms with Crippen molar-refractivity contribution in [3.8, 4) is 6.07 Å². The molecular formula is C9H10ClF2N3O2S. The molecule has 0 aliphatic rings. The third-order valence-electron chi connectivity index (χ3n) is 1.83. The second kappa shape index (κ2) is 6.61. The summed E-state index contributed by atoms with van der Waals surface area (Å²) >= 11 is 0. The SMILES string of the molecule is Cl.N#Cc1cc(F)c(S(=O)(=O)NCCN)c(F)c1. The van der Waals surface area contributed by atoms with Crippen LogP contribution in [0.15, 0.2) is 17.0 Å². The van der Waals surface area contributed by atoms with Gasteiger partial charge in [-0.3, -0.25) is 0 Å². The molecule has 3 N–H and O–H groups in total. The fraction of sp³-hybridized carbons (Fsp3) is 0.222. The van der Waals surface area contributed by atoms with E-state index in [0.29, 0.717) is 12.1 Å². The molecule has 0 saturated carbocycles. The molecule has 0 atom stereocenters. The summed E-state index contributed by atoms with van der Waals surface area (Å²) in [7, 11) is -4.30. The van der Waals surface area contributed by atoms with Crippen LogP contribution in [0.4, 0.5) is 8.78 Å². The fourth-order valence-electron chi connectivity index (χ4n) is 1.15. The summed E-state index contributed by atoms with van der Waals surface area (Å²) in [5, 5.41) is 8.46. The van der Waals surface area contributed by atoms with Crippen LogP contribution in [0, 0.1) is 23.0 Å². The molecule has 0 unspecified atom stereocenters. The van der Waals surface area contributed by atoms with Gasteiger partial charge in [0.05, 0.1) is 11.6 Å². The number of benzene rings is 1. The van der Waals surface area contributed by atoms with Gasteiger partial charge in [0.1, 0.15) is 11.6 Å². The first-order valence-electron chi connectivity index (χ1n) is 4.51. The van der Waals surface area contributed by atoms with Crippen molar-refractivity contribution in [2.24, 2.45) is 5.73 Å². The molecule has 0 aromatic heterocycles. The lowest BCUT2D eigenvalue weighted by Gasteiger charge is -2.07. The molecule has 0 aliphatic heterocycles. The zero-order valence-electron chi connectivity index (χ0n) is 8.98. The van der Waals surface area contributed by atoms with Gasteiger partial charge in [0.2, 0.25) is 10.0 Å². The first-order chi connectivity index (χ1) is 7.92. The molecule has 9 heteroatoms. The van der Waals surface area contributed by atoms with Gasteiger partial charge in [-0.05, 0) is 12.1 Å². The van der Waals surface area contributed by atoms with E-state index < -0.39 is 26.6 Å². The number of nitriles is 1. The summed E-state index contributed by atoms with van der Waals surface area (Å²) in [5.74, 6) is -2.63. The third kappa shape index (κ3) is 3.61. The average molecular weight is 298 g/mol. The quantitative estimate of drug-likeness (QED) is 0.845. The maximum atomic E-state index is 13.4. The minimum Gasteiger partial charge on any atom is -0.329 e. The summed E-state index contributed by atoms with van der Waals surface area (Å²) < 4.78 is 51.7. The molecule has 5 nitrogen and oxygen atoms in total. The van der Waals surface area contributed by atoms with Crippen molar-refractivity contribution in [1.29, 1.82) is 5.26 Å². The highest BCUT2D eigenvalue weighted by atomic mass is 35.5. The topological polar surface area (TPSA) is 96.0 Å². The largest absolute Gasteiger partial charge is 0.329 e. The van der Waals surface area contributed by atoms with Gasteiger partial charge < -0.3 is 5.73 Å². The number of halogens is 3. The number of nitrogens with two attached hydrogens (primary N) is 1. The van der Waals surface area contributed by atoms with Crippen LogP contribution >= 0.6 is 12.4 Å². The van der Waals surface area contributed by atoms with Crippen LogP contribution in [0.25, 0.3) is 0 Å². The van der Waals surface area contributed by atoms with Crippen molar-refractivity contribution >= 4 is 22.4 Å². The minimum absolute atomic E-state index is 0. The van der Waals surface area contributed by atoms with Crippen LogP contribution in [0.1, 0.15) is 5.56 Å². The van der Waals surface area contributed by atoms with Gasteiger partial charge in [-0.25, -0.2) is 21.9 Å². The molecule has 0 saturated heterocycles. The van der Waals surface area contributed by atoms with Gasteiger partial charge in [-0.15, -0.1) is 12.4 Å². The lowest BCUT2D eigenvalue weighted by Crippen LogP contribution is -2.30. The van der Waals surface area contributed by atoms with Gasteiger partial charge in [0.15, 0.2) is 4.90 Å². The molecule has 1 aromatic carbocycles. The Kier molecular flexibility index (Phi) is 6.14. The van der Waals surface area contributed by atoms with Crippen molar-refractivity contribution in [1.82, 2.24) is 4.72 Å². The summed E-state index contributed by atoms with van der Waals surface area (Å²) in [6.07, 6.45) is 0. The van der Waals surface area contributed by atoms with Crippen LogP contribution in [-0.4, -0.2) is 21.5 Å². The van der Waals surface area contributed by atoms with Gasteiger partial charge in [-0.2, -0.15) is 5.26 Å². The Hall–Kier alpha value is -1.27. The average Bonchev–Trinajstić information content (AvgIpc) is 2.25. The third-order valence-corrected chi connectivity index (χ3v) is 3.34. The Bertz CT molecular complexity index is 549. The minimum atomic E-state index is -4.30. The smallest absolute Gasteiger partial charge is 0.246 e. The van der Waals surface area contributed by atoms with Crippen LogP contribution < -0.4 is 10.5 Å². The summed E-state index contributed by atoms with van der Waals surface area (Å²) in [6.45, 7) is -0.139. The van der Waals surface area contributed by atoms with Crippen molar-refractivity contribution in [3.63, 3.8) is 0 Å². The molecule has 1 rings (SSSR count). The van der Waals surface area contributed by atoms with Gasteiger partial charge in [0.25, 0.3) is 0 Å². The lowest BCUT2D eigenvalue weighted by molar-refractivity contribution is 0.513. The second-order valence-corrected chi connectivity index (χ2v) is 4.77. The molecule has 0 aliphatic carbocycles. The number of rotatable bonds is 4. The van der Waals surface area contributed by atoms with Gasteiger partial charge >= 0.3 is 0 Å². The molecule has 0 heterocycles. The summed E-state index contributed by atoms with van der Waals surface area (Å²) in [5.41, 5.74) is 4.78. The van der Waals surface area contributed by atoms with Crippen LogP contribution in [0.5, 0.6) is 0 Å². The highest BCUT2D eigenvalue weighted by molar-refractivity contribution is 7.89. The lowest BCUT2D eigenvalue weighted by atomic mass is 10.2. The number of hydrogen-bond acceptors (Lipinski definition) is 4. The maximum absolute atomic E-state index is 13.4. The van der Waals surface area contributed by atoms with Gasteiger partial charge in [-0.1, -0.05) is 0 Å². The Balaban J connectivity index is 0.00000289. The van der Waals surface area contributed by atoms with E-state index in [0.717, 1.165) is 0 Å². The molecule has 18 heavy (non-hydrogen) atoms. The number of nitrogens with zero attached hydrogens (tertiary/aromatic N) is 1. The molecule has 0 amide bonds. The zero-order chi connectivity index (χ0) is 13.1. The van der Waals surface area contributed by atoms with E-state index in [1.807, 2.05) is 4.72 Å². The first-order valence-corrected chi connectivity index (χ1v) is 5.99. The van der Waals surface area contributed by atoms with E-state index in [9.17, 15) is 17.2 Å². The van der Waals surface area contributed by atoms with Crippen LogP contribution in [0.3, 0.4) is 0 Å². The molecule has 1 aromatic rings. The Morgan fingerprint density at radius 1 is 1.33 bits per heavy atom. The number of sulfonamides is 1. The van der Waals surface area contributed by atoms with Crippen LogP contribution in [0.2, 0.25) is 0 Å². The highest BCUT2D eigenvalue weighted by Gasteiger charge is 2.24. The van der Waals surface area contributed by atoms with Crippen molar-refractivity contribution in [2.45, 2.75) is 4.90 Å². The van der Waals surface area contributed by atoms with Crippen molar-refractivity contribution < 1.29 is 17.2 Å². The highest BCUT2D eigenvalue weighted by Crippen LogP contribution is 2.19. The van der Waals surface area contributed by atoms with E-state index in [1.54, 1.807) is 0 Å². The van der Waals surface area contributed by atoms with E-state index in [-0.39, 0.29) is 31.1 Å². The zero-order valence-corrected chi connectivity index (χ0v) is 10.6. The predicted molar refractivity (Wildman–Crippen MR) is 62.6 cm³/mol. The number of nitrogens with one attached hydrogen (secondary N) is 1. The predicted octanol–water partition coefficient (Wildman–Crippen LogP) is 0.495. The summed E-state index contributed by atoms with van der Waals surface area (Å²) in [4.78, 5) is -1.11. The standard InChI is InChI=1S/C9H9F2N3O2S.ClH/c10-7-3-6(5-13)4-8(11)9(7)17(15,16)14-2-1-12;/h3-4,14H,1-2,12H2;1H. The Morgan fingerprint density at radius 2 is 1.83 bits per heavy atom. The van der Waals surface area contributed by atoms with E-state index in [1.165, 1.54) is 6.07 Å². The van der Waals surface area contributed by atoms with Crippen LogP contribution in [-0.2, 0) is 10.0 Å². The van der Waals surface area contributed by atoms with E-state index in [4.69, 9.17) is 11.0 Å². The maximum Gasteiger partial charge on any atom is 0.246 e. The van der Waals surface area contributed by atoms with Crippen molar-refractivity contribution in [3.05, 3.63) is 29.3 Å². The Labute approximate surface area is 109 Å².